The molecule has 1 N–H and O–H groups in total. The summed E-state index contributed by atoms with van der Waals surface area (Å²) in [6.45, 7) is 9.09. The molecule has 0 aromatic heterocycles. The molecule has 2 heterocycles. The van der Waals surface area contributed by atoms with E-state index in [-0.39, 0.29) is 6.10 Å². The number of piperidine rings is 1. The van der Waals surface area contributed by atoms with Gasteiger partial charge in [0.1, 0.15) is 0 Å². The monoisotopic (exact) mass is 251 g/mol. The van der Waals surface area contributed by atoms with Crippen LogP contribution < -0.4 is 0 Å². The van der Waals surface area contributed by atoms with Crippen molar-refractivity contribution in [2.24, 2.45) is 11.8 Å². The van der Waals surface area contributed by atoms with Gasteiger partial charge in [-0.25, -0.2) is 0 Å². The Morgan fingerprint density at radius 2 is 2.17 bits per heavy atom. The van der Waals surface area contributed by atoms with Crippen LogP contribution in [0.3, 0.4) is 0 Å². The minimum atomic E-state index is -0.154. The van der Waals surface area contributed by atoms with Crippen LogP contribution in [0, 0.1) is 11.8 Å². The normalized spacial score (nSPS) is 34.6. The first kappa shape index (κ1) is 14.1. The fourth-order valence-corrected chi connectivity index (χ4v) is 3.68. The van der Waals surface area contributed by atoms with E-state index in [1.165, 1.54) is 32.4 Å². The van der Waals surface area contributed by atoms with Gasteiger partial charge in [0.15, 0.2) is 0 Å². The van der Waals surface area contributed by atoms with Crippen LogP contribution in [0.15, 0.2) is 11.6 Å². The topological polar surface area (TPSA) is 23.5 Å². The van der Waals surface area contributed by atoms with E-state index >= 15 is 0 Å². The maximum Gasteiger partial charge on any atom is 0.0512 e. The summed E-state index contributed by atoms with van der Waals surface area (Å²) in [7, 11) is 0. The molecule has 2 aliphatic heterocycles. The smallest absolute Gasteiger partial charge is 0.0512 e. The molecule has 0 amide bonds. The quantitative estimate of drug-likeness (QED) is 0.776. The Balaban J connectivity index is 1.88. The van der Waals surface area contributed by atoms with Crippen LogP contribution in [-0.2, 0) is 0 Å². The maximum atomic E-state index is 9.34. The molecule has 2 heteroatoms. The van der Waals surface area contributed by atoms with E-state index in [9.17, 15) is 5.11 Å². The molecule has 0 unspecified atom stereocenters. The molecular weight excluding hydrogens is 222 g/mol. The highest BCUT2D eigenvalue weighted by Gasteiger charge is 2.33. The molecule has 104 valence electrons. The van der Waals surface area contributed by atoms with Crippen molar-refractivity contribution >= 4 is 0 Å². The number of rotatable bonds is 4. The van der Waals surface area contributed by atoms with E-state index in [4.69, 9.17) is 0 Å². The van der Waals surface area contributed by atoms with E-state index in [0.29, 0.717) is 5.92 Å². The first-order valence-corrected chi connectivity index (χ1v) is 7.68. The van der Waals surface area contributed by atoms with Crippen LogP contribution in [0.4, 0.5) is 0 Å². The zero-order valence-electron chi connectivity index (χ0n) is 12.2. The molecule has 0 bridgehead atoms. The lowest BCUT2D eigenvalue weighted by atomic mass is 9.86. The van der Waals surface area contributed by atoms with Gasteiger partial charge in [0.2, 0.25) is 0 Å². The van der Waals surface area contributed by atoms with Gasteiger partial charge >= 0.3 is 0 Å². The Bertz CT molecular complexity index is 297. The van der Waals surface area contributed by atoms with E-state index < -0.39 is 0 Å². The van der Waals surface area contributed by atoms with Crippen molar-refractivity contribution in [3.05, 3.63) is 11.6 Å². The second kappa shape index (κ2) is 6.21. The molecule has 0 radical (unpaired) electrons. The maximum absolute atomic E-state index is 9.34. The molecule has 4 atom stereocenters. The van der Waals surface area contributed by atoms with Crippen molar-refractivity contribution in [1.29, 1.82) is 0 Å². The van der Waals surface area contributed by atoms with Gasteiger partial charge in [0.05, 0.1) is 6.10 Å². The van der Waals surface area contributed by atoms with E-state index in [1.807, 2.05) is 6.92 Å². The second-order valence-corrected chi connectivity index (χ2v) is 6.59. The van der Waals surface area contributed by atoms with E-state index in [0.717, 1.165) is 24.8 Å². The lowest BCUT2D eigenvalue weighted by Crippen LogP contribution is -2.40. The summed E-state index contributed by atoms with van der Waals surface area (Å²) >= 11 is 0. The van der Waals surface area contributed by atoms with Crippen LogP contribution in [-0.4, -0.2) is 35.2 Å². The number of aliphatic hydroxyl groups excluding tert-OH is 1. The van der Waals surface area contributed by atoms with Crippen LogP contribution in [0.5, 0.6) is 0 Å². The lowest BCUT2D eigenvalue weighted by molar-refractivity contribution is 0.174. The Morgan fingerprint density at radius 3 is 2.89 bits per heavy atom. The minimum absolute atomic E-state index is 0.154. The lowest BCUT2D eigenvalue weighted by Gasteiger charge is -2.36. The molecule has 0 saturated carbocycles. The van der Waals surface area contributed by atoms with Gasteiger partial charge in [-0.05, 0) is 57.4 Å². The summed E-state index contributed by atoms with van der Waals surface area (Å²) in [5.41, 5.74) is 1.64. The van der Waals surface area contributed by atoms with Crippen molar-refractivity contribution in [3.8, 4) is 0 Å². The van der Waals surface area contributed by atoms with Gasteiger partial charge in [-0.2, -0.15) is 0 Å². The number of hydrogen-bond acceptors (Lipinski definition) is 2. The third-order valence-electron chi connectivity index (χ3n) is 4.62. The fourth-order valence-electron chi connectivity index (χ4n) is 3.68. The summed E-state index contributed by atoms with van der Waals surface area (Å²) in [6, 6.07) is 0.856. The highest BCUT2D eigenvalue weighted by atomic mass is 16.3. The van der Waals surface area contributed by atoms with Crippen molar-refractivity contribution < 1.29 is 5.11 Å². The van der Waals surface area contributed by atoms with Crippen LogP contribution >= 0.6 is 0 Å². The predicted molar refractivity (Wildman–Crippen MR) is 76.5 cm³/mol. The number of allylic oxidation sites excluding steroid dienone is 1. The molecule has 0 aromatic rings. The van der Waals surface area contributed by atoms with Crippen molar-refractivity contribution in [2.75, 3.05) is 13.1 Å². The van der Waals surface area contributed by atoms with Gasteiger partial charge < -0.3 is 5.11 Å². The SMILES string of the molecule is C[C@@H]1C/C(=C/[C@H](C)CC[C@@H](C)O)CN2CCC[C@@H]12. The summed E-state index contributed by atoms with van der Waals surface area (Å²) in [6.07, 6.45) is 8.45. The third-order valence-corrected chi connectivity index (χ3v) is 4.62. The van der Waals surface area contributed by atoms with Gasteiger partial charge in [0.25, 0.3) is 0 Å². The number of fused-ring (bicyclic) bond motifs is 1. The fraction of sp³-hybridized carbons (Fsp3) is 0.875. The molecule has 0 aliphatic carbocycles. The van der Waals surface area contributed by atoms with Crippen LogP contribution in [0.2, 0.25) is 0 Å². The van der Waals surface area contributed by atoms with Crippen molar-refractivity contribution in [2.45, 2.75) is 65.0 Å². The molecule has 2 rings (SSSR count). The number of hydrogen-bond donors (Lipinski definition) is 1. The van der Waals surface area contributed by atoms with E-state index in [2.05, 4.69) is 24.8 Å². The van der Waals surface area contributed by atoms with Gasteiger partial charge in [0, 0.05) is 12.6 Å². The average Bonchev–Trinajstić information content (AvgIpc) is 2.75. The Labute approximate surface area is 112 Å². The minimum Gasteiger partial charge on any atom is -0.393 e. The summed E-state index contributed by atoms with van der Waals surface area (Å²) in [5.74, 6) is 1.44. The second-order valence-electron chi connectivity index (χ2n) is 6.59. The first-order valence-electron chi connectivity index (χ1n) is 7.68. The molecule has 2 saturated heterocycles. The number of nitrogens with zero attached hydrogens (tertiary/aromatic N) is 1. The van der Waals surface area contributed by atoms with Crippen molar-refractivity contribution in [1.82, 2.24) is 4.90 Å². The van der Waals surface area contributed by atoms with E-state index in [1.54, 1.807) is 5.57 Å². The highest BCUT2D eigenvalue weighted by molar-refractivity contribution is 5.13. The molecule has 0 aromatic carbocycles. The molecule has 2 aliphatic rings. The van der Waals surface area contributed by atoms with Gasteiger partial charge in [-0.3, -0.25) is 4.90 Å². The average molecular weight is 251 g/mol. The summed E-state index contributed by atoms with van der Waals surface area (Å²) < 4.78 is 0. The Morgan fingerprint density at radius 1 is 1.39 bits per heavy atom. The molecule has 0 spiro atoms. The van der Waals surface area contributed by atoms with Gasteiger partial charge in [-0.1, -0.05) is 25.5 Å². The zero-order chi connectivity index (χ0) is 13.1. The highest BCUT2D eigenvalue weighted by Crippen LogP contribution is 2.34. The van der Waals surface area contributed by atoms with Crippen molar-refractivity contribution in [3.63, 3.8) is 0 Å². The number of aliphatic hydroxyl groups is 1. The summed E-state index contributed by atoms with van der Waals surface area (Å²) in [5, 5.41) is 9.34. The molecule has 18 heavy (non-hydrogen) atoms. The largest absolute Gasteiger partial charge is 0.393 e. The molecule has 2 fully saturated rings. The molecule has 2 nitrogen and oxygen atoms in total. The first-order chi connectivity index (χ1) is 8.56. The molecular formula is C16H29NO. The zero-order valence-corrected chi connectivity index (χ0v) is 12.2. The Hall–Kier alpha value is -0.340. The Kier molecular flexibility index (Phi) is 4.85. The van der Waals surface area contributed by atoms with Crippen LogP contribution in [0.25, 0.3) is 0 Å². The summed E-state index contributed by atoms with van der Waals surface area (Å²) in [4.78, 5) is 2.68. The van der Waals surface area contributed by atoms with Gasteiger partial charge in [-0.15, -0.1) is 0 Å². The predicted octanol–water partition coefficient (Wildman–Crippen LogP) is 3.21. The third kappa shape index (κ3) is 3.58. The standard InChI is InChI=1S/C16H29NO/c1-12(6-7-14(3)18)9-15-10-13(2)16-5-4-8-17(16)11-15/h9,12-14,16,18H,4-8,10-11H2,1-3H3/b15-9-/t12-,13-,14-,16+/m1/s1. The van der Waals surface area contributed by atoms with Crippen LogP contribution in [0.1, 0.15) is 52.9 Å².